The van der Waals surface area contributed by atoms with Crippen LogP contribution in [0.5, 0.6) is 0 Å². The number of pyridine rings is 1. The molecule has 0 N–H and O–H groups in total. The fraction of sp³-hybridized carbons (Fsp3) is 0.0769. The minimum absolute atomic E-state index is 0.992. The molecule has 0 aliphatic rings. The minimum atomic E-state index is 0.992. The van der Waals surface area contributed by atoms with E-state index >= 15 is 0 Å². The summed E-state index contributed by atoms with van der Waals surface area (Å²) in [6.07, 6.45) is 3.66. The van der Waals surface area contributed by atoms with E-state index in [1.165, 1.54) is 0 Å². The Morgan fingerprint density at radius 2 is 1.88 bits per heavy atom. The number of aromatic nitrogens is 3. The highest BCUT2D eigenvalue weighted by molar-refractivity contribution is 5.92. The fourth-order valence-corrected chi connectivity index (χ4v) is 1.92. The van der Waals surface area contributed by atoms with Gasteiger partial charge in [0.15, 0.2) is 0 Å². The molecule has 0 amide bonds. The van der Waals surface area contributed by atoms with E-state index < -0.39 is 0 Å². The Balaban J connectivity index is 2.33. The van der Waals surface area contributed by atoms with Gasteiger partial charge in [0.25, 0.3) is 0 Å². The topological polar surface area (TPSA) is 30.7 Å². The van der Waals surface area contributed by atoms with Gasteiger partial charge in [-0.05, 0) is 6.07 Å². The van der Waals surface area contributed by atoms with E-state index in [0.717, 1.165) is 22.2 Å². The molecule has 0 saturated heterocycles. The second-order valence-corrected chi connectivity index (χ2v) is 3.73. The van der Waals surface area contributed by atoms with Crippen LogP contribution in [0.1, 0.15) is 0 Å². The van der Waals surface area contributed by atoms with Gasteiger partial charge in [0.05, 0.1) is 5.52 Å². The van der Waals surface area contributed by atoms with Gasteiger partial charge < -0.3 is 0 Å². The average molecular weight is 209 g/mol. The van der Waals surface area contributed by atoms with Crippen molar-refractivity contribution in [3.8, 4) is 11.3 Å². The van der Waals surface area contributed by atoms with Gasteiger partial charge in [0.1, 0.15) is 5.69 Å². The monoisotopic (exact) mass is 209 g/mol. The molecule has 78 valence electrons. The van der Waals surface area contributed by atoms with E-state index in [2.05, 4.69) is 22.2 Å². The number of fused-ring (bicyclic) bond motifs is 1. The van der Waals surface area contributed by atoms with Gasteiger partial charge in [-0.3, -0.25) is 9.67 Å². The maximum Gasteiger partial charge on any atom is 0.102 e. The van der Waals surface area contributed by atoms with E-state index in [9.17, 15) is 0 Å². The Kier molecular flexibility index (Phi) is 1.96. The van der Waals surface area contributed by atoms with E-state index in [1.54, 1.807) is 6.20 Å². The molecule has 0 bridgehead atoms. The van der Waals surface area contributed by atoms with Crippen LogP contribution < -0.4 is 0 Å². The summed E-state index contributed by atoms with van der Waals surface area (Å²) in [5, 5.41) is 5.63. The number of benzene rings is 1. The maximum absolute atomic E-state index is 4.54. The highest BCUT2D eigenvalue weighted by Crippen LogP contribution is 2.26. The molecule has 1 aromatic carbocycles. The maximum atomic E-state index is 4.54. The van der Waals surface area contributed by atoms with Crippen LogP contribution in [-0.2, 0) is 7.05 Å². The molecule has 0 aliphatic heterocycles. The Labute approximate surface area is 93.4 Å². The van der Waals surface area contributed by atoms with Crippen molar-refractivity contribution >= 4 is 10.9 Å². The number of hydrogen-bond acceptors (Lipinski definition) is 2. The van der Waals surface area contributed by atoms with Crippen molar-refractivity contribution in [3.05, 3.63) is 48.8 Å². The molecule has 3 rings (SSSR count). The number of rotatable bonds is 1. The summed E-state index contributed by atoms with van der Waals surface area (Å²) in [5.74, 6) is 0. The Hall–Kier alpha value is -2.16. The predicted molar refractivity (Wildman–Crippen MR) is 63.9 cm³/mol. The Bertz CT molecular complexity index is 626. The molecule has 0 atom stereocenters. The van der Waals surface area contributed by atoms with E-state index in [0.29, 0.717) is 0 Å². The lowest BCUT2D eigenvalue weighted by Gasteiger charge is -1.95. The quantitative estimate of drug-likeness (QED) is 0.616. The van der Waals surface area contributed by atoms with Crippen LogP contribution in [0.25, 0.3) is 22.2 Å². The number of nitrogens with zero attached hydrogens (tertiary/aromatic N) is 3. The van der Waals surface area contributed by atoms with Crippen LogP contribution in [0.15, 0.2) is 48.8 Å². The molecule has 2 aromatic heterocycles. The van der Waals surface area contributed by atoms with Crippen LogP contribution in [0.2, 0.25) is 0 Å². The molecule has 0 aliphatic carbocycles. The zero-order valence-corrected chi connectivity index (χ0v) is 8.96. The van der Waals surface area contributed by atoms with Crippen LogP contribution in [0, 0.1) is 0 Å². The van der Waals surface area contributed by atoms with Gasteiger partial charge in [-0.1, -0.05) is 30.3 Å². The second kappa shape index (κ2) is 3.45. The van der Waals surface area contributed by atoms with Crippen LogP contribution in [0.3, 0.4) is 0 Å². The summed E-state index contributed by atoms with van der Waals surface area (Å²) in [4.78, 5) is 4.16. The minimum Gasteiger partial charge on any atom is -0.267 e. The van der Waals surface area contributed by atoms with Gasteiger partial charge in [0, 0.05) is 30.4 Å². The smallest absolute Gasteiger partial charge is 0.102 e. The average Bonchev–Trinajstić information content (AvgIpc) is 2.69. The highest BCUT2D eigenvalue weighted by atomic mass is 15.3. The largest absolute Gasteiger partial charge is 0.267 e. The first-order valence-corrected chi connectivity index (χ1v) is 5.18. The molecule has 3 heteroatoms. The summed E-state index contributed by atoms with van der Waals surface area (Å²) in [6.45, 7) is 0. The van der Waals surface area contributed by atoms with E-state index in [1.807, 2.05) is 42.2 Å². The van der Waals surface area contributed by atoms with Gasteiger partial charge >= 0.3 is 0 Å². The normalized spacial score (nSPS) is 10.8. The lowest BCUT2D eigenvalue weighted by atomic mass is 10.1. The van der Waals surface area contributed by atoms with Crippen LogP contribution >= 0.6 is 0 Å². The first-order chi connectivity index (χ1) is 7.86. The zero-order chi connectivity index (χ0) is 11.0. The summed E-state index contributed by atoms with van der Waals surface area (Å²) in [7, 11) is 1.95. The SMILES string of the molecule is Cn1nc(-c2ccccc2)c2cnccc21. The molecule has 2 heterocycles. The third kappa shape index (κ3) is 1.29. The molecule has 16 heavy (non-hydrogen) atoms. The zero-order valence-electron chi connectivity index (χ0n) is 8.96. The van der Waals surface area contributed by atoms with Gasteiger partial charge in [-0.25, -0.2) is 0 Å². The molecular weight excluding hydrogens is 198 g/mol. The van der Waals surface area contributed by atoms with Gasteiger partial charge in [0.2, 0.25) is 0 Å². The standard InChI is InChI=1S/C13H11N3/c1-16-12-7-8-14-9-11(12)13(15-16)10-5-3-2-4-6-10/h2-9H,1H3. The van der Waals surface area contributed by atoms with Crippen molar-refractivity contribution in [1.82, 2.24) is 14.8 Å². The first-order valence-electron chi connectivity index (χ1n) is 5.18. The lowest BCUT2D eigenvalue weighted by molar-refractivity contribution is 0.800. The van der Waals surface area contributed by atoms with Crippen molar-refractivity contribution in [2.45, 2.75) is 0 Å². The molecule has 0 spiro atoms. The fourth-order valence-electron chi connectivity index (χ4n) is 1.92. The predicted octanol–water partition coefficient (Wildman–Crippen LogP) is 2.64. The molecule has 0 unspecified atom stereocenters. The van der Waals surface area contributed by atoms with Crippen LogP contribution in [-0.4, -0.2) is 14.8 Å². The number of aryl methyl sites for hydroxylation is 1. The molecule has 0 saturated carbocycles. The second-order valence-electron chi connectivity index (χ2n) is 3.73. The van der Waals surface area contributed by atoms with E-state index in [4.69, 9.17) is 0 Å². The molecular formula is C13H11N3. The summed E-state index contributed by atoms with van der Waals surface area (Å²) >= 11 is 0. The highest BCUT2D eigenvalue weighted by Gasteiger charge is 2.09. The third-order valence-electron chi connectivity index (χ3n) is 2.70. The summed E-state index contributed by atoms with van der Waals surface area (Å²) < 4.78 is 1.89. The van der Waals surface area contributed by atoms with Crippen LogP contribution in [0.4, 0.5) is 0 Å². The Morgan fingerprint density at radius 1 is 1.06 bits per heavy atom. The van der Waals surface area contributed by atoms with Crippen molar-refractivity contribution in [1.29, 1.82) is 0 Å². The van der Waals surface area contributed by atoms with Crippen molar-refractivity contribution in [2.24, 2.45) is 7.05 Å². The van der Waals surface area contributed by atoms with E-state index in [-0.39, 0.29) is 0 Å². The summed E-state index contributed by atoms with van der Waals surface area (Å²) in [6, 6.07) is 12.2. The molecule has 3 aromatic rings. The number of hydrogen-bond donors (Lipinski definition) is 0. The van der Waals surface area contributed by atoms with Crippen molar-refractivity contribution in [2.75, 3.05) is 0 Å². The van der Waals surface area contributed by atoms with Gasteiger partial charge in [-0.2, -0.15) is 5.10 Å². The Morgan fingerprint density at radius 3 is 2.69 bits per heavy atom. The molecule has 0 fully saturated rings. The first kappa shape index (κ1) is 9.09. The van der Waals surface area contributed by atoms with Gasteiger partial charge in [-0.15, -0.1) is 0 Å². The van der Waals surface area contributed by atoms with Crippen molar-refractivity contribution in [3.63, 3.8) is 0 Å². The molecule has 3 nitrogen and oxygen atoms in total. The van der Waals surface area contributed by atoms with Crippen molar-refractivity contribution < 1.29 is 0 Å². The third-order valence-corrected chi connectivity index (χ3v) is 2.70. The molecule has 0 radical (unpaired) electrons. The summed E-state index contributed by atoms with van der Waals surface area (Å²) in [5.41, 5.74) is 3.22. The lowest BCUT2D eigenvalue weighted by Crippen LogP contribution is -1.89.